The summed E-state index contributed by atoms with van der Waals surface area (Å²) >= 11 is 6.03. The molecule has 0 aliphatic rings. The summed E-state index contributed by atoms with van der Waals surface area (Å²) in [4.78, 5) is 19.6. The Labute approximate surface area is 164 Å². The quantitative estimate of drug-likeness (QED) is 0.637. The molecule has 0 fully saturated rings. The molecule has 2 aromatic heterocycles. The lowest BCUT2D eigenvalue weighted by molar-refractivity contribution is -0.137. The highest BCUT2D eigenvalue weighted by atomic mass is 35.5. The van der Waals surface area contributed by atoms with Crippen LogP contribution in [0.15, 0.2) is 47.4 Å². The molecule has 3 aromatic rings. The second kappa shape index (κ2) is 7.67. The van der Waals surface area contributed by atoms with Crippen LogP contribution < -0.4 is 10.2 Å². The zero-order valence-corrected chi connectivity index (χ0v) is 15.8. The fraction of sp³-hybridized carbons (Fsp3) is 0.200. The predicted molar refractivity (Wildman–Crippen MR) is 101 cm³/mol. The number of alkyl halides is 3. The average molecular weight is 409 g/mol. The maximum Gasteiger partial charge on any atom is 0.416 e. The Kier molecular flexibility index (Phi) is 5.47. The first kappa shape index (κ1) is 19.9. The lowest BCUT2D eigenvalue weighted by Crippen LogP contribution is -2.11. The van der Waals surface area contributed by atoms with Gasteiger partial charge in [0.1, 0.15) is 11.6 Å². The van der Waals surface area contributed by atoms with Gasteiger partial charge in [-0.25, -0.2) is 4.98 Å². The Morgan fingerprint density at radius 1 is 1.07 bits per heavy atom. The lowest BCUT2D eigenvalue weighted by atomic mass is 10.1. The van der Waals surface area contributed by atoms with E-state index in [-0.39, 0.29) is 22.9 Å². The number of aromatic nitrogens is 2. The number of aromatic amines is 1. The van der Waals surface area contributed by atoms with Crippen molar-refractivity contribution in [3.8, 4) is 17.0 Å². The van der Waals surface area contributed by atoms with E-state index >= 15 is 0 Å². The van der Waals surface area contributed by atoms with Crippen LogP contribution in [0.3, 0.4) is 0 Å². The maximum atomic E-state index is 12.6. The van der Waals surface area contributed by atoms with Crippen molar-refractivity contribution >= 4 is 11.6 Å². The minimum absolute atomic E-state index is 0.0699. The molecule has 2 heterocycles. The van der Waals surface area contributed by atoms with E-state index in [1.165, 1.54) is 18.3 Å². The van der Waals surface area contributed by atoms with Crippen LogP contribution in [0.4, 0.5) is 13.2 Å². The smallest absolute Gasteiger partial charge is 0.416 e. The number of nitrogens with zero attached hydrogens (tertiary/aromatic N) is 1. The van der Waals surface area contributed by atoms with Crippen molar-refractivity contribution in [2.24, 2.45) is 0 Å². The molecule has 8 heteroatoms. The summed E-state index contributed by atoms with van der Waals surface area (Å²) in [7, 11) is 0. The Bertz CT molecular complexity index is 1040. The molecule has 3 rings (SSSR count). The number of pyridine rings is 2. The molecule has 0 aliphatic heterocycles. The molecule has 0 radical (unpaired) electrons. The molecule has 0 saturated heterocycles. The van der Waals surface area contributed by atoms with Gasteiger partial charge in [0.15, 0.2) is 0 Å². The number of nitrogens with one attached hydrogen (secondary N) is 1. The maximum absolute atomic E-state index is 12.6. The van der Waals surface area contributed by atoms with E-state index in [1.807, 2.05) is 0 Å². The highest BCUT2D eigenvalue weighted by molar-refractivity contribution is 6.31. The summed E-state index contributed by atoms with van der Waals surface area (Å²) in [5.41, 5.74) is 1.87. The van der Waals surface area contributed by atoms with Gasteiger partial charge in [-0.2, -0.15) is 13.2 Å². The van der Waals surface area contributed by atoms with Gasteiger partial charge >= 0.3 is 6.18 Å². The first-order chi connectivity index (χ1) is 13.2. The normalized spacial score (nSPS) is 11.5. The third-order valence-corrected chi connectivity index (χ3v) is 4.65. The zero-order chi connectivity index (χ0) is 20.5. The van der Waals surface area contributed by atoms with Crippen LogP contribution in [0, 0.1) is 13.8 Å². The van der Waals surface area contributed by atoms with Gasteiger partial charge in [0.2, 0.25) is 11.3 Å². The zero-order valence-electron chi connectivity index (χ0n) is 15.0. The summed E-state index contributed by atoms with van der Waals surface area (Å²) in [5, 5.41) is 0.128. The summed E-state index contributed by atoms with van der Waals surface area (Å²) in [5.74, 6) is 0.288. The Morgan fingerprint density at radius 2 is 1.75 bits per heavy atom. The molecule has 4 nitrogen and oxygen atoms in total. The van der Waals surface area contributed by atoms with Crippen molar-refractivity contribution in [3.05, 3.63) is 80.4 Å². The van der Waals surface area contributed by atoms with Crippen LogP contribution in [0.1, 0.15) is 22.5 Å². The number of H-pyrrole nitrogens is 1. The van der Waals surface area contributed by atoms with E-state index in [9.17, 15) is 18.0 Å². The van der Waals surface area contributed by atoms with Gasteiger partial charge in [0.05, 0.1) is 11.1 Å². The van der Waals surface area contributed by atoms with Crippen molar-refractivity contribution in [2.45, 2.75) is 26.6 Å². The van der Waals surface area contributed by atoms with Gasteiger partial charge in [0.25, 0.3) is 0 Å². The Hall–Kier alpha value is -2.80. The third kappa shape index (κ3) is 4.20. The summed E-state index contributed by atoms with van der Waals surface area (Å²) < 4.78 is 43.2. The van der Waals surface area contributed by atoms with Crippen molar-refractivity contribution in [1.82, 2.24) is 9.97 Å². The van der Waals surface area contributed by atoms with Crippen LogP contribution in [0.5, 0.6) is 5.88 Å². The first-order valence-corrected chi connectivity index (χ1v) is 8.69. The van der Waals surface area contributed by atoms with Gasteiger partial charge in [0, 0.05) is 29.2 Å². The molecule has 0 spiro atoms. The monoisotopic (exact) mass is 408 g/mol. The second-order valence-electron chi connectivity index (χ2n) is 6.26. The molecule has 28 heavy (non-hydrogen) atoms. The molecule has 0 atom stereocenters. The Morgan fingerprint density at radius 3 is 2.32 bits per heavy atom. The number of halogens is 4. The van der Waals surface area contributed by atoms with E-state index in [2.05, 4.69) is 9.97 Å². The number of aryl methyl sites for hydroxylation is 2. The van der Waals surface area contributed by atoms with Gasteiger partial charge in [-0.1, -0.05) is 23.7 Å². The fourth-order valence-electron chi connectivity index (χ4n) is 2.76. The summed E-state index contributed by atoms with van der Waals surface area (Å²) in [6.07, 6.45) is -2.88. The largest absolute Gasteiger partial charge is 0.473 e. The molecular formula is C20H16ClF3N2O2. The summed E-state index contributed by atoms with van der Waals surface area (Å²) in [6, 6.07) is 7.99. The van der Waals surface area contributed by atoms with Crippen molar-refractivity contribution in [2.75, 3.05) is 0 Å². The number of benzene rings is 1. The lowest BCUT2D eigenvalue weighted by Gasteiger charge is -2.10. The van der Waals surface area contributed by atoms with Crippen LogP contribution in [0.2, 0.25) is 5.02 Å². The molecular weight excluding hydrogens is 393 g/mol. The number of ether oxygens (including phenoxy) is 1. The molecule has 0 amide bonds. The van der Waals surface area contributed by atoms with E-state index in [4.69, 9.17) is 16.3 Å². The molecule has 0 unspecified atom stereocenters. The van der Waals surface area contributed by atoms with Gasteiger partial charge < -0.3 is 9.72 Å². The molecule has 0 bridgehead atoms. The van der Waals surface area contributed by atoms with E-state index in [0.29, 0.717) is 28.1 Å². The molecule has 1 N–H and O–H groups in total. The van der Waals surface area contributed by atoms with Crippen molar-refractivity contribution in [1.29, 1.82) is 0 Å². The van der Waals surface area contributed by atoms with Crippen LogP contribution in [0.25, 0.3) is 11.1 Å². The highest BCUT2D eigenvalue weighted by Gasteiger charge is 2.29. The van der Waals surface area contributed by atoms with Gasteiger partial charge in [-0.15, -0.1) is 0 Å². The molecule has 0 saturated carbocycles. The average Bonchev–Trinajstić information content (AvgIpc) is 2.65. The van der Waals surface area contributed by atoms with E-state index < -0.39 is 11.7 Å². The van der Waals surface area contributed by atoms with Crippen molar-refractivity contribution < 1.29 is 17.9 Å². The summed E-state index contributed by atoms with van der Waals surface area (Å²) in [6.45, 7) is 3.56. The Balaban J connectivity index is 1.74. The second-order valence-corrected chi connectivity index (χ2v) is 6.64. The van der Waals surface area contributed by atoms with Crippen molar-refractivity contribution in [3.63, 3.8) is 0 Å². The predicted octanol–water partition coefficient (Wildman–Crippen LogP) is 5.30. The van der Waals surface area contributed by atoms with Crippen LogP contribution in [-0.2, 0) is 12.8 Å². The van der Waals surface area contributed by atoms with E-state index in [0.717, 1.165) is 12.1 Å². The minimum atomic E-state index is -4.37. The standard InChI is InChI=1S/C20H16ClF3N2O2/c1-11-17(19(27)18(21)12(2)26-11)14-5-8-16(25-9-14)28-10-13-3-6-15(7-4-13)20(22,23)24/h3-9H,10H2,1-2H3,(H,26,27). The molecule has 1 aromatic carbocycles. The van der Waals surface area contributed by atoms with E-state index in [1.54, 1.807) is 26.0 Å². The van der Waals surface area contributed by atoms with Crippen LogP contribution >= 0.6 is 11.6 Å². The van der Waals surface area contributed by atoms with Gasteiger partial charge in [-0.05, 0) is 37.6 Å². The SMILES string of the molecule is Cc1[nH]c(C)c(-c2ccc(OCc3ccc(C(F)(F)F)cc3)nc2)c(=O)c1Cl. The highest BCUT2D eigenvalue weighted by Crippen LogP contribution is 2.29. The topological polar surface area (TPSA) is 55.0 Å². The molecule has 0 aliphatic carbocycles. The third-order valence-electron chi connectivity index (χ3n) is 4.20. The minimum Gasteiger partial charge on any atom is -0.473 e. The first-order valence-electron chi connectivity index (χ1n) is 8.31. The molecule has 146 valence electrons. The van der Waals surface area contributed by atoms with Crippen LogP contribution in [-0.4, -0.2) is 9.97 Å². The number of hydrogen-bond donors (Lipinski definition) is 1. The fourth-order valence-corrected chi connectivity index (χ4v) is 2.90. The number of hydrogen-bond acceptors (Lipinski definition) is 3. The number of rotatable bonds is 4. The van der Waals surface area contributed by atoms with Gasteiger partial charge in [-0.3, -0.25) is 4.79 Å².